The van der Waals surface area contributed by atoms with Gasteiger partial charge < -0.3 is 19.9 Å². The van der Waals surface area contributed by atoms with E-state index in [0.717, 1.165) is 37.6 Å². The average Bonchev–Trinajstić information content (AvgIpc) is 2.69. The van der Waals surface area contributed by atoms with E-state index in [9.17, 15) is 4.79 Å². The van der Waals surface area contributed by atoms with E-state index in [2.05, 4.69) is 42.3 Å². The first-order valence-electron chi connectivity index (χ1n) is 9.68. The van der Waals surface area contributed by atoms with Crippen LogP contribution in [0.15, 0.2) is 48.5 Å². The van der Waals surface area contributed by atoms with Gasteiger partial charge in [-0.3, -0.25) is 4.79 Å². The summed E-state index contributed by atoms with van der Waals surface area (Å²) in [6.07, 6.45) is 0. The average molecular weight is 369 g/mol. The van der Waals surface area contributed by atoms with Gasteiger partial charge >= 0.3 is 0 Å². The Balaban J connectivity index is 1.52. The summed E-state index contributed by atoms with van der Waals surface area (Å²) >= 11 is 0. The Bertz CT molecular complexity index is 768. The number of carbonyl (C=O) groups is 1. The van der Waals surface area contributed by atoms with Gasteiger partial charge in [-0.15, -0.1) is 0 Å². The third-order valence-electron chi connectivity index (χ3n) is 5.16. The van der Waals surface area contributed by atoms with Gasteiger partial charge in [-0.25, -0.2) is 0 Å². The van der Waals surface area contributed by atoms with Crippen molar-refractivity contribution in [2.75, 3.05) is 50.1 Å². The summed E-state index contributed by atoms with van der Waals surface area (Å²) in [5, 5.41) is 3.11. The van der Waals surface area contributed by atoms with Crippen molar-refractivity contribution in [3.05, 3.63) is 54.1 Å². The molecule has 1 amide bonds. The number of rotatable bonds is 6. The monoisotopic (exact) mass is 368 g/mol. The lowest BCUT2D eigenvalue weighted by Gasteiger charge is -2.33. The lowest BCUT2D eigenvalue weighted by Crippen LogP contribution is -3.15. The van der Waals surface area contributed by atoms with Crippen LogP contribution in [0.25, 0.3) is 0 Å². The number of anilines is 2. The molecule has 2 N–H and O–H groups in total. The molecule has 0 saturated carbocycles. The highest BCUT2D eigenvalue weighted by molar-refractivity contribution is 5.92. The number of nitrogens with one attached hydrogen (secondary N) is 2. The predicted molar refractivity (Wildman–Crippen MR) is 110 cm³/mol. The summed E-state index contributed by atoms with van der Waals surface area (Å²) in [5.41, 5.74) is 3.30. The van der Waals surface area contributed by atoms with Crippen LogP contribution < -0.4 is 19.9 Å². The summed E-state index contributed by atoms with van der Waals surface area (Å²) in [5.74, 6) is 1.36. The number of quaternary nitrogens is 1. The van der Waals surface area contributed by atoms with Gasteiger partial charge in [-0.05, 0) is 29.7 Å². The summed E-state index contributed by atoms with van der Waals surface area (Å²) in [7, 11) is 1.69. The quantitative estimate of drug-likeness (QED) is 0.821. The molecule has 5 heteroatoms. The first-order chi connectivity index (χ1) is 13.1. The van der Waals surface area contributed by atoms with Crippen LogP contribution in [0.1, 0.15) is 25.3 Å². The van der Waals surface area contributed by atoms with Crippen LogP contribution in [0.4, 0.5) is 11.4 Å². The van der Waals surface area contributed by atoms with Gasteiger partial charge in [0.2, 0.25) is 0 Å². The van der Waals surface area contributed by atoms with Crippen molar-refractivity contribution in [1.29, 1.82) is 0 Å². The van der Waals surface area contributed by atoms with E-state index in [0.29, 0.717) is 12.5 Å². The second-order valence-corrected chi connectivity index (χ2v) is 7.41. The summed E-state index contributed by atoms with van der Waals surface area (Å²) < 4.78 is 5.32. The number of benzene rings is 2. The second kappa shape index (κ2) is 8.91. The Morgan fingerprint density at radius 3 is 2.59 bits per heavy atom. The van der Waals surface area contributed by atoms with Gasteiger partial charge in [0.05, 0.1) is 33.3 Å². The largest absolute Gasteiger partial charge is 0.497 e. The molecule has 27 heavy (non-hydrogen) atoms. The molecule has 0 aromatic heterocycles. The van der Waals surface area contributed by atoms with Gasteiger partial charge in [0, 0.05) is 17.4 Å². The number of para-hydroxylation sites is 1. The minimum Gasteiger partial charge on any atom is -0.497 e. The lowest BCUT2D eigenvalue weighted by molar-refractivity contribution is -0.892. The number of amides is 1. The fourth-order valence-electron chi connectivity index (χ4n) is 3.60. The van der Waals surface area contributed by atoms with E-state index in [-0.39, 0.29) is 5.91 Å². The van der Waals surface area contributed by atoms with Gasteiger partial charge in [0.15, 0.2) is 6.54 Å². The number of hydrogen-bond acceptors (Lipinski definition) is 3. The molecule has 0 bridgehead atoms. The van der Waals surface area contributed by atoms with Crippen LogP contribution in [0.5, 0.6) is 5.75 Å². The molecule has 0 atom stereocenters. The molecule has 3 rings (SSSR count). The van der Waals surface area contributed by atoms with Gasteiger partial charge in [0.25, 0.3) is 5.91 Å². The minimum absolute atomic E-state index is 0.0907. The molecule has 5 nitrogen and oxygen atoms in total. The smallest absolute Gasteiger partial charge is 0.279 e. The normalized spacial score (nSPS) is 15.0. The molecule has 0 spiro atoms. The maximum absolute atomic E-state index is 12.5. The van der Waals surface area contributed by atoms with Crippen LogP contribution in [0.3, 0.4) is 0 Å². The topological polar surface area (TPSA) is 46.0 Å². The molecule has 1 heterocycles. The first-order valence-corrected chi connectivity index (χ1v) is 9.68. The number of carbonyl (C=O) groups excluding carboxylic acids is 1. The van der Waals surface area contributed by atoms with Crippen LogP contribution in [0.2, 0.25) is 0 Å². The Morgan fingerprint density at radius 2 is 1.89 bits per heavy atom. The fourth-order valence-corrected chi connectivity index (χ4v) is 3.60. The van der Waals surface area contributed by atoms with Crippen molar-refractivity contribution in [3.8, 4) is 5.75 Å². The van der Waals surface area contributed by atoms with E-state index in [1.165, 1.54) is 16.2 Å². The Kier molecular flexibility index (Phi) is 6.35. The molecule has 2 aromatic carbocycles. The highest BCUT2D eigenvalue weighted by Gasteiger charge is 2.23. The van der Waals surface area contributed by atoms with Crippen molar-refractivity contribution < 1.29 is 14.4 Å². The molecular weight excluding hydrogens is 338 g/mol. The van der Waals surface area contributed by atoms with Crippen LogP contribution in [-0.4, -0.2) is 45.7 Å². The predicted octanol–water partition coefficient (Wildman–Crippen LogP) is 2.16. The molecule has 1 saturated heterocycles. The summed E-state index contributed by atoms with van der Waals surface area (Å²) in [6, 6.07) is 16.2. The second-order valence-electron chi connectivity index (χ2n) is 7.41. The van der Waals surface area contributed by atoms with Crippen molar-refractivity contribution in [1.82, 2.24) is 0 Å². The lowest BCUT2D eigenvalue weighted by atomic mass is 10.0. The van der Waals surface area contributed by atoms with E-state index in [1.54, 1.807) is 7.11 Å². The molecular formula is C22H30N3O2+. The zero-order chi connectivity index (χ0) is 19.2. The van der Waals surface area contributed by atoms with Crippen LogP contribution in [-0.2, 0) is 4.79 Å². The van der Waals surface area contributed by atoms with Crippen molar-refractivity contribution >= 4 is 17.3 Å². The molecule has 144 valence electrons. The molecule has 0 unspecified atom stereocenters. The number of methoxy groups -OCH3 is 1. The zero-order valence-corrected chi connectivity index (χ0v) is 16.5. The molecule has 0 radical (unpaired) electrons. The fraction of sp³-hybridized carbons (Fsp3) is 0.409. The van der Waals surface area contributed by atoms with Crippen LogP contribution in [0, 0.1) is 0 Å². The molecule has 2 aromatic rings. The first kappa shape index (κ1) is 19.2. The summed E-state index contributed by atoms with van der Waals surface area (Å²) in [4.78, 5) is 16.2. The maximum Gasteiger partial charge on any atom is 0.279 e. The third kappa shape index (κ3) is 5.01. The van der Waals surface area contributed by atoms with E-state index >= 15 is 0 Å². The zero-order valence-electron chi connectivity index (χ0n) is 16.5. The highest BCUT2D eigenvalue weighted by Crippen LogP contribution is 2.23. The van der Waals surface area contributed by atoms with Gasteiger partial charge in [-0.2, -0.15) is 0 Å². The molecule has 1 fully saturated rings. The molecule has 1 aliphatic rings. The van der Waals surface area contributed by atoms with E-state index in [1.807, 2.05) is 30.3 Å². The molecule has 1 aliphatic heterocycles. The third-order valence-corrected chi connectivity index (χ3v) is 5.16. The Morgan fingerprint density at radius 1 is 1.15 bits per heavy atom. The minimum atomic E-state index is 0.0907. The standard InChI is InChI=1S/C22H29N3O2/c1-17(2)20-9-4-5-10-21(20)23-22(26)16-24-11-13-25(14-12-24)18-7-6-8-19(15-18)27-3/h4-10,15,17H,11-14,16H2,1-3H3,(H,23,26)/p+1. The van der Waals surface area contributed by atoms with Crippen molar-refractivity contribution in [3.63, 3.8) is 0 Å². The van der Waals surface area contributed by atoms with Gasteiger partial charge in [0.1, 0.15) is 5.75 Å². The highest BCUT2D eigenvalue weighted by atomic mass is 16.5. The van der Waals surface area contributed by atoms with Crippen molar-refractivity contribution in [2.45, 2.75) is 19.8 Å². The van der Waals surface area contributed by atoms with Gasteiger partial charge in [-0.1, -0.05) is 38.1 Å². The Labute approximate surface area is 161 Å². The number of piperazine rings is 1. The Hall–Kier alpha value is -2.53. The number of ether oxygens (including phenoxy) is 1. The van der Waals surface area contributed by atoms with Crippen LogP contribution >= 0.6 is 0 Å². The maximum atomic E-state index is 12.5. The number of hydrogen-bond donors (Lipinski definition) is 2. The summed E-state index contributed by atoms with van der Waals surface area (Å²) in [6.45, 7) is 8.60. The van der Waals surface area contributed by atoms with Crippen molar-refractivity contribution in [2.24, 2.45) is 0 Å². The van der Waals surface area contributed by atoms with E-state index < -0.39 is 0 Å². The molecule has 0 aliphatic carbocycles. The SMILES string of the molecule is COc1cccc(N2CC[NH+](CC(=O)Nc3ccccc3C(C)C)CC2)c1. The number of nitrogens with zero attached hydrogens (tertiary/aromatic N) is 1. The van der Waals surface area contributed by atoms with E-state index in [4.69, 9.17) is 4.74 Å².